The van der Waals surface area contributed by atoms with Crippen LogP contribution in [-0.4, -0.2) is 17.5 Å². The van der Waals surface area contributed by atoms with Crippen molar-refractivity contribution in [3.05, 3.63) is 6.92 Å². The van der Waals surface area contributed by atoms with E-state index in [0.29, 0.717) is 0 Å². The Balaban J connectivity index is -0.0000000821. The minimum atomic E-state index is -4.67. The van der Waals surface area contributed by atoms with Crippen molar-refractivity contribution in [1.82, 2.24) is 0 Å². The maximum absolute atomic E-state index is 8.74. The van der Waals surface area contributed by atoms with Gasteiger partial charge in [-0.2, -0.15) is 14.8 Å². The van der Waals surface area contributed by atoms with Crippen molar-refractivity contribution < 1.29 is 67.5 Å². The van der Waals surface area contributed by atoms with E-state index in [-0.39, 0.29) is 62.4 Å². The molecule has 124 valence electrons. The van der Waals surface area contributed by atoms with E-state index in [1.807, 2.05) is 0 Å². The third kappa shape index (κ3) is 60.0. The van der Waals surface area contributed by atoms with Crippen LogP contribution in [0.3, 0.4) is 0 Å². The third-order valence-electron chi connectivity index (χ3n) is 2.35. The summed E-state index contributed by atoms with van der Waals surface area (Å²) in [5.74, 6) is 0. The van der Waals surface area contributed by atoms with Gasteiger partial charge in [-0.1, -0.05) is 64.7 Å². The molecular formula is C12H28ClNaO4PdS. The summed E-state index contributed by atoms with van der Waals surface area (Å²) in [5, 5.41) is 0. The number of hydrogen-bond donors (Lipinski definition) is 2. The molecule has 0 aliphatic carbocycles. The first kappa shape index (κ1) is 33.4. The SMILES string of the molecule is Cl.O=S(=O)(O)O.[CH2-]CCCCCCCCCCC.[Na+].[Pd]. The standard InChI is InChI=1S/C12H25.ClH.Na.H2O4S.Pd/c1-3-5-7-9-11-12-10-8-6-4-2;;;1-5(2,3)4;/h1,3-12H2,2H3;1H;;(H2,1,2,3,4);/q-1;;+1;;. The molecule has 0 saturated carbocycles. The van der Waals surface area contributed by atoms with Crippen molar-refractivity contribution in [2.45, 2.75) is 71.1 Å². The molecule has 0 atom stereocenters. The maximum atomic E-state index is 8.74. The van der Waals surface area contributed by atoms with Crippen LogP contribution in [0.15, 0.2) is 0 Å². The zero-order valence-corrected chi connectivity index (χ0v) is 17.8. The Morgan fingerprint density at radius 2 is 1.10 bits per heavy atom. The Morgan fingerprint density at radius 3 is 1.35 bits per heavy atom. The van der Waals surface area contributed by atoms with Crippen LogP contribution in [0.1, 0.15) is 71.1 Å². The van der Waals surface area contributed by atoms with Crippen molar-refractivity contribution in [1.29, 1.82) is 0 Å². The monoisotopic (exact) mass is 432 g/mol. The van der Waals surface area contributed by atoms with Gasteiger partial charge in [-0.25, -0.2) is 0 Å². The fraction of sp³-hybridized carbons (Fsp3) is 0.917. The summed E-state index contributed by atoms with van der Waals surface area (Å²) in [6.45, 7) is 6.12. The predicted molar refractivity (Wildman–Crippen MR) is 78.6 cm³/mol. The van der Waals surface area contributed by atoms with E-state index >= 15 is 0 Å². The summed E-state index contributed by atoms with van der Waals surface area (Å²) in [4.78, 5) is 0. The quantitative estimate of drug-likeness (QED) is 0.250. The second-order valence-electron chi connectivity index (χ2n) is 4.13. The Hall–Kier alpha value is 1.82. The molecular weight excluding hydrogens is 405 g/mol. The van der Waals surface area contributed by atoms with Gasteiger partial charge < -0.3 is 6.92 Å². The van der Waals surface area contributed by atoms with Crippen molar-refractivity contribution >= 4 is 22.8 Å². The summed E-state index contributed by atoms with van der Waals surface area (Å²) < 4.78 is 31.6. The second-order valence-corrected chi connectivity index (χ2v) is 5.03. The molecule has 0 aliphatic heterocycles. The van der Waals surface area contributed by atoms with Gasteiger partial charge in [-0.15, -0.1) is 12.4 Å². The van der Waals surface area contributed by atoms with Gasteiger partial charge in [0.1, 0.15) is 0 Å². The van der Waals surface area contributed by atoms with Gasteiger partial charge in [0.15, 0.2) is 0 Å². The van der Waals surface area contributed by atoms with Gasteiger partial charge in [-0.05, 0) is 0 Å². The van der Waals surface area contributed by atoms with Crippen LogP contribution < -0.4 is 29.6 Å². The van der Waals surface area contributed by atoms with Crippen LogP contribution >= 0.6 is 12.4 Å². The number of hydrogen-bond acceptors (Lipinski definition) is 2. The van der Waals surface area contributed by atoms with Gasteiger partial charge in [0.25, 0.3) is 0 Å². The Bertz CT molecular complexity index is 224. The van der Waals surface area contributed by atoms with E-state index < -0.39 is 10.4 Å². The maximum Gasteiger partial charge on any atom is 1.00 e. The average Bonchev–Trinajstić information content (AvgIpc) is 2.20. The molecule has 0 amide bonds. The molecule has 0 radical (unpaired) electrons. The van der Waals surface area contributed by atoms with E-state index in [4.69, 9.17) is 17.5 Å². The molecule has 4 nitrogen and oxygen atoms in total. The van der Waals surface area contributed by atoms with Crippen LogP contribution in [0.4, 0.5) is 0 Å². The van der Waals surface area contributed by atoms with Gasteiger partial charge in [0.2, 0.25) is 0 Å². The first-order chi connectivity index (χ1) is 7.91. The van der Waals surface area contributed by atoms with E-state index in [1.165, 1.54) is 57.8 Å². The summed E-state index contributed by atoms with van der Waals surface area (Å²) in [6.07, 6.45) is 13.9. The number of rotatable bonds is 9. The first-order valence-corrected chi connectivity index (χ1v) is 7.80. The topological polar surface area (TPSA) is 74.6 Å². The summed E-state index contributed by atoms with van der Waals surface area (Å²) >= 11 is 0. The summed E-state index contributed by atoms with van der Waals surface area (Å²) in [5.41, 5.74) is 0. The molecule has 0 saturated heterocycles. The number of unbranched alkanes of at least 4 members (excludes halogenated alkanes) is 9. The molecule has 0 aliphatic rings. The third-order valence-corrected chi connectivity index (χ3v) is 2.35. The van der Waals surface area contributed by atoms with E-state index in [1.54, 1.807) is 0 Å². The molecule has 0 heterocycles. The van der Waals surface area contributed by atoms with Crippen molar-refractivity contribution in [3.63, 3.8) is 0 Å². The van der Waals surface area contributed by atoms with Crippen molar-refractivity contribution in [3.8, 4) is 0 Å². The summed E-state index contributed by atoms with van der Waals surface area (Å²) in [7, 11) is -4.67. The van der Waals surface area contributed by atoms with E-state index in [0.717, 1.165) is 6.42 Å². The van der Waals surface area contributed by atoms with Crippen LogP contribution in [0.5, 0.6) is 0 Å². The van der Waals surface area contributed by atoms with Crippen LogP contribution in [-0.2, 0) is 30.8 Å². The van der Waals surface area contributed by atoms with Crippen molar-refractivity contribution in [2.75, 3.05) is 0 Å². The fourth-order valence-electron chi connectivity index (χ4n) is 1.49. The van der Waals surface area contributed by atoms with Gasteiger partial charge in [-0.3, -0.25) is 9.11 Å². The molecule has 0 unspecified atom stereocenters. The van der Waals surface area contributed by atoms with Crippen LogP contribution in [0.25, 0.3) is 0 Å². The molecule has 0 aromatic heterocycles. The normalized spacial score (nSPS) is 9.20. The first-order valence-electron chi connectivity index (χ1n) is 6.41. The smallest absolute Gasteiger partial charge is 0.343 e. The molecule has 0 aromatic rings. The molecule has 0 bridgehead atoms. The van der Waals surface area contributed by atoms with E-state index in [9.17, 15) is 0 Å². The average molecular weight is 433 g/mol. The zero-order chi connectivity index (χ0) is 13.6. The van der Waals surface area contributed by atoms with E-state index in [2.05, 4.69) is 13.8 Å². The molecule has 20 heavy (non-hydrogen) atoms. The number of halogens is 1. The molecule has 8 heteroatoms. The zero-order valence-electron chi connectivity index (χ0n) is 12.6. The van der Waals surface area contributed by atoms with Gasteiger partial charge in [0, 0.05) is 20.4 Å². The molecule has 0 rings (SSSR count). The molecule has 2 N–H and O–H groups in total. The molecule has 0 fully saturated rings. The van der Waals surface area contributed by atoms with Crippen LogP contribution in [0.2, 0.25) is 0 Å². The van der Waals surface area contributed by atoms with Crippen molar-refractivity contribution in [2.24, 2.45) is 0 Å². The largest absolute Gasteiger partial charge is 1.00 e. The Morgan fingerprint density at radius 1 is 0.850 bits per heavy atom. The second kappa shape index (κ2) is 25.8. The van der Waals surface area contributed by atoms with Gasteiger partial charge in [0.05, 0.1) is 0 Å². The fourth-order valence-corrected chi connectivity index (χ4v) is 1.49. The van der Waals surface area contributed by atoms with Gasteiger partial charge >= 0.3 is 40.0 Å². The minimum absolute atomic E-state index is 0. The Kier molecular flexibility index (Phi) is 43.1. The summed E-state index contributed by atoms with van der Waals surface area (Å²) in [6, 6.07) is 0. The predicted octanol–water partition coefficient (Wildman–Crippen LogP) is 1.51. The Labute approximate surface area is 167 Å². The molecule has 0 aromatic carbocycles. The van der Waals surface area contributed by atoms with Crippen LogP contribution in [0, 0.1) is 6.92 Å². The molecule has 0 spiro atoms. The minimum Gasteiger partial charge on any atom is -0.343 e.